The first-order valence-corrected chi connectivity index (χ1v) is 7.95. The van der Waals surface area contributed by atoms with E-state index in [9.17, 15) is 9.59 Å². The maximum atomic E-state index is 11.7. The second-order valence-corrected chi connectivity index (χ2v) is 6.07. The number of rotatable bonds is 8. The monoisotopic (exact) mass is 317 g/mol. The van der Waals surface area contributed by atoms with Gasteiger partial charge in [-0.15, -0.1) is 11.3 Å². The predicted molar refractivity (Wildman–Crippen MR) is 87.1 cm³/mol. The predicted octanol–water partition coefficient (Wildman–Crippen LogP) is 2.83. The van der Waals surface area contributed by atoms with Crippen LogP contribution in [0.2, 0.25) is 0 Å². The fourth-order valence-electron chi connectivity index (χ4n) is 1.91. The lowest BCUT2D eigenvalue weighted by atomic mass is 10.2. The number of hydrogen-bond donors (Lipinski definition) is 1. The van der Waals surface area contributed by atoms with Gasteiger partial charge in [0.05, 0.1) is 11.5 Å². The van der Waals surface area contributed by atoms with Gasteiger partial charge in [0.25, 0.3) is 0 Å². The lowest BCUT2D eigenvalue weighted by Crippen LogP contribution is -2.29. The third-order valence-electron chi connectivity index (χ3n) is 3.05. The zero-order chi connectivity index (χ0) is 15.8. The summed E-state index contributed by atoms with van der Waals surface area (Å²) in [7, 11) is 0. The summed E-state index contributed by atoms with van der Waals surface area (Å²) in [6.45, 7) is 2.59. The highest BCUT2D eigenvalue weighted by atomic mass is 32.1. The number of ketones is 1. The molecule has 1 amide bonds. The molecule has 116 valence electrons. The Labute approximate surface area is 134 Å². The molecule has 0 saturated heterocycles. The van der Waals surface area contributed by atoms with Crippen LogP contribution in [0, 0.1) is 0 Å². The summed E-state index contributed by atoms with van der Waals surface area (Å²) in [5, 5.41) is 2.81. The summed E-state index contributed by atoms with van der Waals surface area (Å²) in [5.74, 6) is -0.0473. The highest BCUT2D eigenvalue weighted by molar-refractivity contribution is 7.14. The normalized spacial score (nSPS) is 10.4. The minimum atomic E-state index is -0.126. The molecule has 0 aliphatic carbocycles. The van der Waals surface area contributed by atoms with Crippen LogP contribution in [-0.2, 0) is 22.6 Å². The van der Waals surface area contributed by atoms with Gasteiger partial charge in [0, 0.05) is 11.4 Å². The molecule has 1 N–H and O–H groups in total. The zero-order valence-corrected chi connectivity index (χ0v) is 13.3. The van der Waals surface area contributed by atoms with E-state index in [-0.39, 0.29) is 18.3 Å². The van der Waals surface area contributed by atoms with Gasteiger partial charge >= 0.3 is 0 Å². The standard InChI is InChI=1S/C17H19NO3S/c1-13(19)16-8-7-15(22-16)9-10-18-17(20)12-21-11-14-5-3-2-4-6-14/h2-8H,9-12H2,1H3,(H,18,20). The number of hydrogen-bond acceptors (Lipinski definition) is 4. The topological polar surface area (TPSA) is 55.4 Å². The average Bonchev–Trinajstić information content (AvgIpc) is 2.97. The van der Waals surface area contributed by atoms with Crippen molar-refractivity contribution in [3.8, 4) is 0 Å². The molecule has 1 heterocycles. The van der Waals surface area contributed by atoms with Gasteiger partial charge in [-0.05, 0) is 31.0 Å². The van der Waals surface area contributed by atoms with Crippen molar-refractivity contribution in [1.29, 1.82) is 0 Å². The molecule has 5 heteroatoms. The highest BCUT2D eigenvalue weighted by Gasteiger charge is 2.05. The summed E-state index contributed by atoms with van der Waals surface area (Å²) in [5.41, 5.74) is 1.05. The van der Waals surface area contributed by atoms with Gasteiger partial charge in [-0.25, -0.2) is 0 Å². The molecule has 0 unspecified atom stereocenters. The van der Waals surface area contributed by atoms with Gasteiger partial charge < -0.3 is 10.1 Å². The maximum absolute atomic E-state index is 11.7. The Kier molecular flexibility index (Phi) is 6.30. The fourth-order valence-corrected chi connectivity index (χ4v) is 2.82. The van der Waals surface area contributed by atoms with Crippen molar-refractivity contribution in [2.24, 2.45) is 0 Å². The van der Waals surface area contributed by atoms with Crippen LogP contribution in [0.3, 0.4) is 0 Å². The van der Waals surface area contributed by atoms with E-state index in [1.54, 1.807) is 6.92 Å². The van der Waals surface area contributed by atoms with Crippen LogP contribution < -0.4 is 5.32 Å². The molecule has 22 heavy (non-hydrogen) atoms. The molecule has 0 aliphatic rings. The quantitative estimate of drug-likeness (QED) is 0.762. The molecule has 0 radical (unpaired) electrons. The summed E-state index contributed by atoms with van der Waals surface area (Å²) in [6.07, 6.45) is 0.725. The van der Waals surface area contributed by atoms with E-state index in [1.165, 1.54) is 11.3 Å². The summed E-state index contributed by atoms with van der Waals surface area (Å²) < 4.78 is 5.37. The van der Waals surface area contributed by atoms with Gasteiger partial charge in [-0.3, -0.25) is 9.59 Å². The maximum Gasteiger partial charge on any atom is 0.246 e. The molecule has 0 bridgehead atoms. The minimum Gasteiger partial charge on any atom is -0.367 e. The lowest BCUT2D eigenvalue weighted by molar-refractivity contribution is -0.126. The van der Waals surface area contributed by atoms with Gasteiger partial charge in [0.2, 0.25) is 5.91 Å². The summed E-state index contributed by atoms with van der Waals surface area (Å²) >= 11 is 1.48. The Morgan fingerprint density at radius 2 is 1.91 bits per heavy atom. The lowest BCUT2D eigenvalue weighted by Gasteiger charge is -2.06. The Bertz CT molecular complexity index is 622. The van der Waals surface area contributed by atoms with E-state index in [2.05, 4.69) is 5.32 Å². The molecule has 2 rings (SSSR count). The molecule has 1 aromatic carbocycles. The first-order valence-electron chi connectivity index (χ1n) is 7.13. The number of Topliss-reactive ketones (excluding diaryl/α,β-unsaturated/α-hetero) is 1. The third-order valence-corrected chi connectivity index (χ3v) is 4.29. The Morgan fingerprint density at radius 3 is 2.59 bits per heavy atom. The Morgan fingerprint density at radius 1 is 1.14 bits per heavy atom. The number of carbonyl (C=O) groups excluding carboxylic acids is 2. The van der Waals surface area contributed by atoms with E-state index < -0.39 is 0 Å². The highest BCUT2D eigenvalue weighted by Crippen LogP contribution is 2.17. The van der Waals surface area contributed by atoms with E-state index in [1.807, 2.05) is 42.5 Å². The molecule has 0 aliphatic heterocycles. The van der Waals surface area contributed by atoms with Gasteiger partial charge in [0.15, 0.2) is 5.78 Å². The first kappa shape index (κ1) is 16.4. The van der Waals surface area contributed by atoms with Crippen LogP contribution in [0.25, 0.3) is 0 Å². The number of amides is 1. The molecule has 4 nitrogen and oxygen atoms in total. The van der Waals surface area contributed by atoms with E-state index >= 15 is 0 Å². The third kappa shape index (κ3) is 5.42. The molecular formula is C17H19NO3S. The van der Waals surface area contributed by atoms with Crippen molar-refractivity contribution in [2.75, 3.05) is 13.2 Å². The first-order chi connectivity index (χ1) is 10.6. The van der Waals surface area contributed by atoms with Gasteiger partial charge in [0.1, 0.15) is 6.61 Å². The molecule has 0 saturated carbocycles. The zero-order valence-electron chi connectivity index (χ0n) is 12.5. The summed E-state index contributed by atoms with van der Waals surface area (Å²) in [6, 6.07) is 13.5. The molecule has 0 spiro atoms. The minimum absolute atomic E-state index is 0.0536. The van der Waals surface area contributed by atoms with Crippen LogP contribution in [0.5, 0.6) is 0 Å². The SMILES string of the molecule is CC(=O)c1ccc(CCNC(=O)COCc2ccccc2)s1. The van der Waals surface area contributed by atoms with Crippen molar-refractivity contribution in [3.05, 3.63) is 57.8 Å². The van der Waals surface area contributed by atoms with E-state index in [4.69, 9.17) is 4.74 Å². The number of benzene rings is 1. The Hall–Kier alpha value is -1.98. The second-order valence-electron chi connectivity index (χ2n) is 4.90. The number of carbonyl (C=O) groups is 2. The van der Waals surface area contributed by atoms with Crippen LogP contribution in [0.1, 0.15) is 27.0 Å². The smallest absolute Gasteiger partial charge is 0.246 e. The van der Waals surface area contributed by atoms with E-state index in [0.717, 1.165) is 21.7 Å². The molecule has 1 aromatic heterocycles. The van der Waals surface area contributed by atoms with Crippen LogP contribution in [-0.4, -0.2) is 24.8 Å². The second kappa shape index (κ2) is 8.46. The molecule has 0 fully saturated rings. The van der Waals surface area contributed by atoms with Crippen molar-refractivity contribution >= 4 is 23.0 Å². The van der Waals surface area contributed by atoms with Crippen molar-refractivity contribution < 1.29 is 14.3 Å². The van der Waals surface area contributed by atoms with E-state index in [0.29, 0.717) is 13.2 Å². The van der Waals surface area contributed by atoms with Crippen molar-refractivity contribution in [2.45, 2.75) is 20.0 Å². The Balaban J connectivity index is 1.62. The van der Waals surface area contributed by atoms with Crippen LogP contribution in [0.15, 0.2) is 42.5 Å². The van der Waals surface area contributed by atoms with Crippen molar-refractivity contribution in [3.63, 3.8) is 0 Å². The molecule has 0 atom stereocenters. The van der Waals surface area contributed by atoms with Crippen LogP contribution in [0.4, 0.5) is 0 Å². The number of ether oxygens (including phenoxy) is 1. The van der Waals surface area contributed by atoms with Gasteiger partial charge in [-0.2, -0.15) is 0 Å². The molecule has 2 aromatic rings. The molecular weight excluding hydrogens is 298 g/mol. The largest absolute Gasteiger partial charge is 0.367 e. The fraction of sp³-hybridized carbons (Fsp3) is 0.294. The van der Waals surface area contributed by atoms with Crippen molar-refractivity contribution in [1.82, 2.24) is 5.32 Å². The van der Waals surface area contributed by atoms with Crippen LogP contribution >= 0.6 is 11.3 Å². The number of nitrogens with one attached hydrogen (secondary N) is 1. The number of thiophene rings is 1. The average molecular weight is 317 g/mol. The van der Waals surface area contributed by atoms with Gasteiger partial charge in [-0.1, -0.05) is 30.3 Å². The summed E-state index contributed by atoms with van der Waals surface area (Å²) in [4.78, 5) is 24.7.